The summed E-state index contributed by atoms with van der Waals surface area (Å²) in [6.07, 6.45) is 6.21. The average Bonchev–Trinajstić information content (AvgIpc) is 3.02. The number of halogens is 2. The number of piperidine rings is 1. The summed E-state index contributed by atoms with van der Waals surface area (Å²) < 4.78 is 0. The van der Waals surface area contributed by atoms with E-state index < -0.39 is 0 Å². The summed E-state index contributed by atoms with van der Waals surface area (Å²) in [5, 5.41) is 3.30. The molecule has 0 spiro atoms. The lowest BCUT2D eigenvalue weighted by molar-refractivity contribution is -0.132. The maximum atomic E-state index is 12.2. The third kappa shape index (κ3) is 6.68. The van der Waals surface area contributed by atoms with Crippen molar-refractivity contribution in [2.24, 2.45) is 5.92 Å². The van der Waals surface area contributed by atoms with Crippen LogP contribution in [0.1, 0.15) is 32.1 Å². The minimum atomic E-state index is 0. The molecule has 3 heterocycles. The zero-order valence-corrected chi connectivity index (χ0v) is 16.4. The molecule has 0 bridgehead atoms. The number of nitrogens with one attached hydrogen (secondary N) is 1. The van der Waals surface area contributed by atoms with E-state index >= 15 is 0 Å². The molecule has 0 radical (unpaired) electrons. The normalized spacial score (nSPS) is 25.8. The zero-order valence-electron chi connectivity index (χ0n) is 14.8. The van der Waals surface area contributed by atoms with E-state index in [0.29, 0.717) is 12.3 Å². The van der Waals surface area contributed by atoms with Crippen LogP contribution in [-0.4, -0.2) is 86.1 Å². The first kappa shape index (κ1) is 22.0. The Hall–Kier alpha value is -0.0700. The van der Waals surface area contributed by atoms with Gasteiger partial charge >= 0.3 is 0 Å². The molecule has 1 unspecified atom stereocenters. The minimum Gasteiger partial charge on any atom is -0.340 e. The number of carbonyl (C=O) groups excluding carboxylic acids is 1. The van der Waals surface area contributed by atoms with Gasteiger partial charge in [0.1, 0.15) is 0 Å². The fourth-order valence-corrected chi connectivity index (χ4v) is 4.10. The van der Waals surface area contributed by atoms with Crippen molar-refractivity contribution in [2.45, 2.75) is 32.1 Å². The molecule has 3 rings (SSSR count). The molecule has 1 amide bonds. The zero-order chi connectivity index (χ0) is 15.2. The summed E-state index contributed by atoms with van der Waals surface area (Å²) in [7, 11) is 0. The molecule has 24 heavy (non-hydrogen) atoms. The maximum Gasteiger partial charge on any atom is 0.223 e. The van der Waals surface area contributed by atoms with Crippen molar-refractivity contribution in [3.05, 3.63) is 0 Å². The molecule has 3 aliphatic rings. The van der Waals surface area contributed by atoms with Gasteiger partial charge in [0.25, 0.3) is 0 Å². The van der Waals surface area contributed by atoms with E-state index in [1.807, 2.05) is 4.90 Å². The molecule has 3 saturated heterocycles. The number of carbonyl (C=O) groups is 1. The first-order valence-corrected chi connectivity index (χ1v) is 9.24. The molecule has 0 aromatic carbocycles. The van der Waals surface area contributed by atoms with Gasteiger partial charge in [-0.25, -0.2) is 0 Å². The van der Waals surface area contributed by atoms with Gasteiger partial charge in [-0.15, -0.1) is 24.8 Å². The highest BCUT2D eigenvalue weighted by Gasteiger charge is 2.26. The molecule has 0 aliphatic carbocycles. The molecule has 142 valence electrons. The second-order valence-electron chi connectivity index (χ2n) is 7.20. The molecular weight excluding hydrogens is 347 g/mol. The van der Waals surface area contributed by atoms with Crippen LogP contribution in [0.4, 0.5) is 0 Å². The third-order valence-electron chi connectivity index (χ3n) is 5.45. The van der Waals surface area contributed by atoms with E-state index in [9.17, 15) is 4.79 Å². The molecule has 1 atom stereocenters. The van der Waals surface area contributed by atoms with E-state index in [0.717, 1.165) is 38.6 Å². The van der Waals surface area contributed by atoms with E-state index in [2.05, 4.69) is 15.1 Å². The summed E-state index contributed by atoms with van der Waals surface area (Å²) in [6, 6.07) is 0. The Morgan fingerprint density at radius 1 is 0.917 bits per heavy atom. The second kappa shape index (κ2) is 11.5. The number of nitrogens with zero attached hydrogens (tertiary/aromatic N) is 3. The van der Waals surface area contributed by atoms with E-state index in [-0.39, 0.29) is 24.8 Å². The van der Waals surface area contributed by atoms with Crippen molar-refractivity contribution < 1.29 is 4.79 Å². The average molecular weight is 381 g/mol. The lowest BCUT2D eigenvalue weighted by Gasteiger charge is -2.29. The molecule has 5 nitrogen and oxygen atoms in total. The fourth-order valence-electron chi connectivity index (χ4n) is 4.10. The van der Waals surface area contributed by atoms with Gasteiger partial charge in [-0.1, -0.05) is 6.42 Å². The van der Waals surface area contributed by atoms with Crippen LogP contribution in [0.5, 0.6) is 0 Å². The monoisotopic (exact) mass is 380 g/mol. The smallest absolute Gasteiger partial charge is 0.223 e. The maximum absolute atomic E-state index is 12.2. The van der Waals surface area contributed by atoms with Gasteiger partial charge in [0.05, 0.1) is 0 Å². The Labute approximate surface area is 159 Å². The predicted octanol–water partition coefficient (Wildman–Crippen LogP) is 1.46. The van der Waals surface area contributed by atoms with Crippen LogP contribution in [0.2, 0.25) is 0 Å². The molecule has 3 aliphatic heterocycles. The molecular formula is C17H34Cl2N4O. The van der Waals surface area contributed by atoms with Crippen molar-refractivity contribution in [2.75, 3.05) is 65.4 Å². The summed E-state index contributed by atoms with van der Waals surface area (Å²) in [6.45, 7) is 10.9. The van der Waals surface area contributed by atoms with Gasteiger partial charge in [0, 0.05) is 52.2 Å². The van der Waals surface area contributed by atoms with Crippen LogP contribution < -0.4 is 5.32 Å². The second-order valence-corrected chi connectivity index (χ2v) is 7.20. The molecule has 0 aromatic rings. The van der Waals surface area contributed by atoms with Crippen molar-refractivity contribution >= 4 is 30.7 Å². The Kier molecular flexibility index (Phi) is 10.6. The van der Waals surface area contributed by atoms with Crippen LogP contribution in [-0.2, 0) is 4.79 Å². The van der Waals surface area contributed by atoms with Gasteiger partial charge in [-0.2, -0.15) is 0 Å². The Morgan fingerprint density at radius 3 is 2.33 bits per heavy atom. The Balaban J connectivity index is 0.00000144. The van der Waals surface area contributed by atoms with Crippen LogP contribution in [0.15, 0.2) is 0 Å². The predicted molar refractivity (Wildman–Crippen MR) is 103 cm³/mol. The number of likely N-dealkylation sites (tertiary alicyclic amines) is 2. The highest BCUT2D eigenvalue weighted by molar-refractivity contribution is 5.85. The van der Waals surface area contributed by atoms with Gasteiger partial charge in [-0.3, -0.25) is 4.79 Å². The Bertz CT molecular complexity index is 360. The number of amides is 1. The van der Waals surface area contributed by atoms with Crippen molar-refractivity contribution in [1.82, 2.24) is 20.0 Å². The quantitative estimate of drug-likeness (QED) is 0.783. The van der Waals surface area contributed by atoms with Gasteiger partial charge < -0.3 is 20.0 Å². The SMILES string of the molecule is Cl.Cl.O=C(CCN1CCC(CN2CCCCC2)C1)N1CCNCC1. The number of rotatable bonds is 5. The first-order valence-electron chi connectivity index (χ1n) is 9.24. The summed E-state index contributed by atoms with van der Waals surface area (Å²) in [5.41, 5.74) is 0. The van der Waals surface area contributed by atoms with Crippen molar-refractivity contribution in [3.8, 4) is 0 Å². The highest BCUT2D eigenvalue weighted by atomic mass is 35.5. The highest BCUT2D eigenvalue weighted by Crippen LogP contribution is 2.20. The van der Waals surface area contributed by atoms with Crippen molar-refractivity contribution in [3.63, 3.8) is 0 Å². The molecule has 3 fully saturated rings. The third-order valence-corrected chi connectivity index (χ3v) is 5.45. The van der Waals surface area contributed by atoms with E-state index in [1.165, 1.54) is 58.4 Å². The van der Waals surface area contributed by atoms with Gasteiger partial charge in [0.2, 0.25) is 5.91 Å². The first-order chi connectivity index (χ1) is 10.8. The van der Waals surface area contributed by atoms with E-state index in [4.69, 9.17) is 0 Å². The lowest BCUT2D eigenvalue weighted by Crippen LogP contribution is -2.47. The molecule has 0 saturated carbocycles. The minimum absolute atomic E-state index is 0. The van der Waals surface area contributed by atoms with Gasteiger partial charge in [-0.05, 0) is 44.8 Å². The number of hydrogen-bond donors (Lipinski definition) is 1. The number of hydrogen-bond acceptors (Lipinski definition) is 4. The van der Waals surface area contributed by atoms with Crippen LogP contribution in [0, 0.1) is 5.92 Å². The summed E-state index contributed by atoms with van der Waals surface area (Å²) >= 11 is 0. The standard InChI is InChI=1S/C17H32N4O.2ClH/c22-17(21-12-6-18-7-13-21)5-11-20-10-4-16(15-20)14-19-8-2-1-3-9-19;;/h16,18H,1-15H2;2*1H. The molecule has 1 N–H and O–H groups in total. The van der Waals surface area contributed by atoms with Crippen molar-refractivity contribution in [1.29, 1.82) is 0 Å². The number of piperazine rings is 1. The summed E-state index contributed by atoms with van der Waals surface area (Å²) in [5.74, 6) is 1.17. The van der Waals surface area contributed by atoms with E-state index in [1.54, 1.807) is 0 Å². The van der Waals surface area contributed by atoms with Crippen LogP contribution in [0.25, 0.3) is 0 Å². The topological polar surface area (TPSA) is 38.8 Å². The molecule has 7 heteroatoms. The van der Waals surface area contributed by atoms with Crippen LogP contribution >= 0.6 is 24.8 Å². The fraction of sp³-hybridized carbons (Fsp3) is 0.941. The molecule has 0 aromatic heterocycles. The van der Waals surface area contributed by atoms with Crippen LogP contribution in [0.3, 0.4) is 0 Å². The lowest BCUT2D eigenvalue weighted by atomic mass is 10.1. The largest absolute Gasteiger partial charge is 0.340 e. The summed E-state index contributed by atoms with van der Waals surface area (Å²) in [4.78, 5) is 19.4. The van der Waals surface area contributed by atoms with Gasteiger partial charge in [0.15, 0.2) is 0 Å². The Morgan fingerprint density at radius 2 is 1.62 bits per heavy atom.